The summed E-state index contributed by atoms with van der Waals surface area (Å²) in [6.07, 6.45) is 3.62. The van der Waals surface area contributed by atoms with Gasteiger partial charge >= 0.3 is 0 Å². The Labute approximate surface area is 160 Å². The van der Waals surface area contributed by atoms with Crippen molar-refractivity contribution >= 4 is 34.7 Å². The smallest absolute Gasteiger partial charge is 0.201 e. The van der Waals surface area contributed by atoms with Gasteiger partial charge < -0.3 is 9.52 Å². The normalized spacial score (nSPS) is 11.3. The molecule has 0 saturated carbocycles. The van der Waals surface area contributed by atoms with Crippen molar-refractivity contribution in [1.82, 2.24) is 0 Å². The Morgan fingerprint density at radius 3 is 2.37 bits per heavy atom. The monoisotopic (exact) mass is 374 g/mol. The second kappa shape index (κ2) is 7.14. The van der Waals surface area contributed by atoms with Gasteiger partial charge in [-0.3, -0.25) is 4.79 Å². The van der Waals surface area contributed by atoms with E-state index in [0.717, 1.165) is 11.1 Å². The van der Waals surface area contributed by atoms with Crippen molar-refractivity contribution < 1.29 is 9.52 Å². The molecular formula is C23H15ClO3. The van der Waals surface area contributed by atoms with E-state index in [9.17, 15) is 9.90 Å². The number of hydrogen-bond acceptors (Lipinski definition) is 3. The Bertz CT molecular complexity index is 1190. The van der Waals surface area contributed by atoms with Gasteiger partial charge in [-0.1, -0.05) is 60.1 Å². The zero-order chi connectivity index (χ0) is 18.8. The first-order valence-electron chi connectivity index (χ1n) is 8.41. The third kappa shape index (κ3) is 3.50. The van der Waals surface area contributed by atoms with E-state index in [-0.39, 0.29) is 11.2 Å². The van der Waals surface area contributed by atoms with Crippen LogP contribution in [0.4, 0.5) is 0 Å². The van der Waals surface area contributed by atoms with Crippen LogP contribution < -0.4 is 5.43 Å². The van der Waals surface area contributed by atoms with E-state index in [1.807, 2.05) is 48.5 Å². The van der Waals surface area contributed by atoms with Crippen LogP contribution in [0, 0.1) is 0 Å². The van der Waals surface area contributed by atoms with E-state index in [4.69, 9.17) is 16.0 Å². The zero-order valence-electron chi connectivity index (χ0n) is 14.2. The second-order valence-corrected chi connectivity index (χ2v) is 6.54. The number of fused-ring (bicyclic) bond motifs is 1. The molecular weight excluding hydrogens is 360 g/mol. The molecule has 27 heavy (non-hydrogen) atoms. The minimum Gasteiger partial charge on any atom is -0.508 e. The molecule has 4 heteroatoms. The number of phenolic OH excluding ortho intramolecular Hbond substituents is 1. The van der Waals surface area contributed by atoms with Crippen LogP contribution >= 0.6 is 11.6 Å². The second-order valence-electron chi connectivity index (χ2n) is 6.10. The summed E-state index contributed by atoms with van der Waals surface area (Å²) in [4.78, 5) is 13.1. The van der Waals surface area contributed by atoms with Crippen molar-refractivity contribution in [2.45, 2.75) is 0 Å². The Morgan fingerprint density at radius 1 is 0.889 bits per heavy atom. The number of hydrogen-bond donors (Lipinski definition) is 1. The van der Waals surface area contributed by atoms with Crippen LogP contribution in [-0.4, -0.2) is 5.11 Å². The van der Waals surface area contributed by atoms with E-state index >= 15 is 0 Å². The summed E-state index contributed by atoms with van der Waals surface area (Å²) in [5, 5.41) is 10.8. The minimum absolute atomic E-state index is 0.0470. The van der Waals surface area contributed by atoms with Crippen LogP contribution in [0.1, 0.15) is 11.3 Å². The predicted molar refractivity (Wildman–Crippen MR) is 110 cm³/mol. The maximum absolute atomic E-state index is 13.1. The van der Waals surface area contributed by atoms with Gasteiger partial charge in [0.1, 0.15) is 17.1 Å². The summed E-state index contributed by atoms with van der Waals surface area (Å²) in [6, 6.07) is 21.3. The van der Waals surface area contributed by atoms with Crippen LogP contribution in [0.25, 0.3) is 34.2 Å². The van der Waals surface area contributed by atoms with Gasteiger partial charge in [0.15, 0.2) is 0 Å². The summed E-state index contributed by atoms with van der Waals surface area (Å²) >= 11 is 5.93. The lowest BCUT2D eigenvalue weighted by molar-refractivity contribution is 0.474. The van der Waals surface area contributed by atoms with Crippen molar-refractivity contribution in [2.24, 2.45) is 0 Å². The lowest BCUT2D eigenvalue weighted by Gasteiger charge is -2.08. The third-order valence-corrected chi connectivity index (χ3v) is 4.51. The molecule has 0 atom stereocenters. The summed E-state index contributed by atoms with van der Waals surface area (Å²) in [6.45, 7) is 0. The van der Waals surface area contributed by atoms with Crippen molar-refractivity contribution in [3.05, 3.63) is 99.4 Å². The number of benzene rings is 3. The minimum atomic E-state index is -0.141. The first-order chi connectivity index (χ1) is 13.1. The molecule has 1 aromatic heterocycles. The fourth-order valence-corrected chi connectivity index (χ4v) is 3.07. The van der Waals surface area contributed by atoms with Gasteiger partial charge in [-0.25, -0.2) is 0 Å². The number of phenols is 1. The van der Waals surface area contributed by atoms with Crippen LogP contribution in [0.5, 0.6) is 5.75 Å². The van der Waals surface area contributed by atoms with E-state index in [1.54, 1.807) is 24.3 Å². The highest BCUT2D eigenvalue weighted by Gasteiger charge is 2.15. The standard InChI is InChI=1S/C23H15ClO3/c24-17-9-6-15(7-10-17)8-13-20-22(16-4-2-1-3-5-16)23(26)19-12-11-18(25)14-21(19)27-20/h1-14,25H. The van der Waals surface area contributed by atoms with E-state index in [0.29, 0.717) is 27.3 Å². The largest absolute Gasteiger partial charge is 0.508 e. The molecule has 0 bridgehead atoms. The molecule has 4 rings (SSSR count). The van der Waals surface area contributed by atoms with Crippen molar-refractivity contribution in [3.63, 3.8) is 0 Å². The molecule has 0 aliphatic rings. The Morgan fingerprint density at radius 2 is 1.63 bits per heavy atom. The van der Waals surface area contributed by atoms with Crippen LogP contribution in [0.2, 0.25) is 5.02 Å². The van der Waals surface area contributed by atoms with Gasteiger partial charge in [-0.05, 0) is 41.5 Å². The van der Waals surface area contributed by atoms with Crippen molar-refractivity contribution in [1.29, 1.82) is 0 Å². The topological polar surface area (TPSA) is 50.4 Å². The highest BCUT2D eigenvalue weighted by molar-refractivity contribution is 6.30. The molecule has 1 N–H and O–H groups in total. The van der Waals surface area contributed by atoms with Gasteiger partial charge in [0, 0.05) is 11.1 Å². The van der Waals surface area contributed by atoms with Gasteiger partial charge in [-0.2, -0.15) is 0 Å². The van der Waals surface area contributed by atoms with Crippen LogP contribution in [0.3, 0.4) is 0 Å². The summed E-state index contributed by atoms with van der Waals surface area (Å²) < 4.78 is 5.98. The number of aromatic hydroxyl groups is 1. The van der Waals surface area contributed by atoms with Gasteiger partial charge in [0.25, 0.3) is 0 Å². The molecule has 0 amide bonds. The maximum atomic E-state index is 13.1. The highest BCUT2D eigenvalue weighted by atomic mass is 35.5. The first kappa shape index (κ1) is 17.1. The molecule has 0 radical (unpaired) electrons. The zero-order valence-corrected chi connectivity index (χ0v) is 15.0. The first-order valence-corrected chi connectivity index (χ1v) is 8.78. The quantitative estimate of drug-likeness (QED) is 0.479. The molecule has 0 aliphatic carbocycles. The molecule has 0 spiro atoms. The molecule has 4 aromatic rings. The molecule has 132 valence electrons. The summed E-state index contributed by atoms with van der Waals surface area (Å²) in [5.74, 6) is 0.477. The fraction of sp³-hybridized carbons (Fsp3) is 0. The summed E-state index contributed by atoms with van der Waals surface area (Å²) in [7, 11) is 0. The lowest BCUT2D eigenvalue weighted by atomic mass is 10.0. The van der Waals surface area contributed by atoms with Crippen molar-refractivity contribution in [3.8, 4) is 16.9 Å². The van der Waals surface area contributed by atoms with Gasteiger partial charge in [0.05, 0.1) is 10.9 Å². The van der Waals surface area contributed by atoms with Gasteiger partial charge in [-0.15, -0.1) is 0 Å². The van der Waals surface area contributed by atoms with Crippen molar-refractivity contribution in [2.75, 3.05) is 0 Å². The van der Waals surface area contributed by atoms with E-state index < -0.39 is 0 Å². The Hall–Kier alpha value is -3.30. The van der Waals surface area contributed by atoms with Crippen LogP contribution in [0.15, 0.2) is 82.0 Å². The van der Waals surface area contributed by atoms with E-state index in [2.05, 4.69) is 0 Å². The molecule has 3 nitrogen and oxygen atoms in total. The Balaban J connectivity index is 1.94. The average Bonchev–Trinajstić information content (AvgIpc) is 2.68. The predicted octanol–water partition coefficient (Wildman–Crippen LogP) is 5.99. The number of halogens is 1. The third-order valence-electron chi connectivity index (χ3n) is 4.26. The highest BCUT2D eigenvalue weighted by Crippen LogP contribution is 2.28. The molecule has 3 aromatic carbocycles. The number of rotatable bonds is 3. The molecule has 0 unspecified atom stereocenters. The lowest BCUT2D eigenvalue weighted by Crippen LogP contribution is -2.07. The Kier molecular flexibility index (Phi) is 4.53. The molecule has 0 fully saturated rings. The average molecular weight is 375 g/mol. The molecule has 0 aliphatic heterocycles. The molecule has 0 saturated heterocycles. The van der Waals surface area contributed by atoms with E-state index in [1.165, 1.54) is 12.1 Å². The molecule has 1 heterocycles. The van der Waals surface area contributed by atoms with Gasteiger partial charge in [0.2, 0.25) is 5.43 Å². The van der Waals surface area contributed by atoms with Crippen LogP contribution in [-0.2, 0) is 0 Å². The SMILES string of the molecule is O=c1c(-c2ccccc2)c(C=Cc2ccc(Cl)cc2)oc2cc(O)ccc12. The fourth-order valence-electron chi connectivity index (χ4n) is 2.94. The summed E-state index contributed by atoms with van der Waals surface area (Å²) in [5.41, 5.74) is 2.39. The maximum Gasteiger partial charge on any atom is 0.201 e.